The fourth-order valence-corrected chi connectivity index (χ4v) is 4.87. The number of rotatable bonds is 7. The van der Waals surface area contributed by atoms with Crippen LogP contribution in [0, 0.1) is 5.92 Å². The van der Waals surface area contributed by atoms with Gasteiger partial charge in [-0.05, 0) is 18.0 Å². The van der Waals surface area contributed by atoms with E-state index in [-0.39, 0.29) is 0 Å². The van der Waals surface area contributed by atoms with Crippen LogP contribution >= 0.6 is 0 Å². The molecule has 0 saturated carbocycles. The van der Waals surface area contributed by atoms with E-state index in [1.165, 1.54) is 12.8 Å². The molecule has 0 rings (SSSR count). The lowest BCUT2D eigenvalue weighted by atomic mass is 10.3. The van der Waals surface area contributed by atoms with Crippen LogP contribution in [0.1, 0.15) is 33.6 Å². The van der Waals surface area contributed by atoms with Gasteiger partial charge in [-0.1, -0.05) is 33.6 Å². The summed E-state index contributed by atoms with van der Waals surface area (Å²) in [6.07, 6.45) is 2.44. The first-order valence-corrected chi connectivity index (χ1v) is 7.43. The molecule has 0 bridgehead atoms. The molecular formula is C10H24O2Si. The number of unbranched alkanes of at least 4 members (excludes halogenated alkanes) is 1. The quantitative estimate of drug-likeness (QED) is 0.593. The van der Waals surface area contributed by atoms with E-state index in [1.54, 1.807) is 14.2 Å². The van der Waals surface area contributed by atoms with Crippen LogP contribution in [-0.2, 0) is 8.85 Å². The van der Waals surface area contributed by atoms with Crippen LogP contribution in [0.15, 0.2) is 0 Å². The Kier molecular flexibility index (Phi) is 6.64. The lowest BCUT2D eigenvalue weighted by Crippen LogP contribution is -2.41. The zero-order chi connectivity index (χ0) is 10.3. The topological polar surface area (TPSA) is 18.5 Å². The second-order valence-corrected chi connectivity index (χ2v) is 7.57. The lowest BCUT2D eigenvalue weighted by Gasteiger charge is -2.28. The van der Waals surface area contributed by atoms with Crippen molar-refractivity contribution in [2.75, 3.05) is 14.2 Å². The highest BCUT2D eigenvalue weighted by atomic mass is 28.4. The Labute approximate surface area is 83.9 Å². The van der Waals surface area contributed by atoms with Gasteiger partial charge in [0.05, 0.1) is 0 Å². The first kappa shape index (κ1) is 13.1. The van der Waals surface area contributed by atoms with Crippen LogP contribution in [0.4, 0.5) is 0 Å². The van der Waals surface area contributed by atoms with Gasteiger partial charge in [0.15, 0.2) is 0 Å². The third kappa shape index (κ3) is 4.79. The minimum atomic E-state index is -1.83. The van der Waals surface area contributed by atoms with E-state index in [9.17, 15) is 0 Å². The smallest absolute Gasteiger partial charge is 0.337 e. The summed E-state index contributed by atoms with van der Waals surface area (Å²) in [6.45, 7) is 6.66. The molecule has 0 aromatic rings. The van der Waals surface area contributed by atoms with Gasteiger partial charge >= 0.3 is 8.56 Å². The maximum absolute atomic E-state index is 5.62. The van der Waals surface area contributed by atoms with Crippen molar-refractivity contribution in [3.63, 3.8) is 0 Å². The lowest BCUT2D eigenvalue weighted by molar-refractivity contribution is 0.235. The van der Waals surface area contributed by atoms with E-state index in [0.29, 0.717) is 5.92 Å². The predicted molar refractivity (Wildman–Crippen MR) is 59.1 cm³/mol. The third-order valence-corrected chi connectivity index (χ3v) is 6.42. The van der Waals surface area contributed by atoms with Gasteiger partial charge in [0.2, 0.25) is 0 Å². The van der Waals surface area contributed by atoms with E-state index >= 15 is 0 Å². The molecule has 0 fully saturated rings. The normalized spacial score (nSPS) is 12.5. The van der Waals surface area contributed by atoms with Crippen LogP contribution in [0.2, 0.25) is 12.1 Å². The maximum atomic E-state index is 5.62. The minimum Gasteiger partial charge on any atom is -0.398 e. The van der Waals surface area contributed by atoms with Crippen molar-refractivity contribution in [1.29, 1.82) is 0 Å². The van der Waals surface area contributed by atoms with E-state index < -0.39 is 8.56 Å². The summed E-state index contributed by atoms with van der Waals surface area (Å²) in [5.41, 5.74) is 0. The molecule has 0 aromatic heterocycles. The molecule has 80 valence electrons. The maximum Gasteiger partial charge on any atom is 0.337 e. The predicted octanol–water partition coefficient (Wildman–Crippen LogP) is 3.18. The van der Waals surface area contributed by atoms with Crippen LogP contribution < -0.4 is 0 Å². The van der Waals surface area contributed by atoms with Gasteiger partial charge in [-0.3, -0.25) is 0 Å². The second-order valence-electron chi connectivity index (χ2n) is 4.02. The molecule has 0 aromatic carbocycles. The fourth-order valence-electron chi connectivity index (χ4n) is 1.62. The first-order chi connectivity index (χ1) is 6.10. The number of hydrogen-bond acceptors (Lipinski definition) is 2. The molecule has 0 aliphatic rings. The molecule has 0 atom stereocenters. The van der Waals surface area contributed by atoms with Crippen molar-refractivity contribution in [3.05, 3.63) is 0 Å². The van der Waals surface area contributed by atoms with Crippen LogP contribution in [0.3, 0.4) is 0 Å². The van der Waals surface area contributed by atoms with Gasteiger partial charge in [0.25, 0.3) is 0 Å². The van der Waals surface area contributed by atoms with Crippen molar-refractivity contribution < 1.29 is 8.85 Å². The average Bonchev–Trinajstić information content (AvgIpc) is 2.12. The molecule has 0 radical (unpaired) electrons. The number of hydrogen-bond donors (Lipinski definition) is 0. The van der Waals surface area contributed by atoms with Crippen molar-refractivity contribution in [1.82, 2.24) is 0 Å². The zero-order valence-electron chi connectivity index (χ0n) is 9.72. The second kappa shape index (κ2) is 6.57. The van der Waals surface area contributed by atoms with Gasteiger partial charge < -0.3 is 8.85 Å². The minimum absolute atomic E-state index is 0.670. The fraction of sp³-hybridized carbons (Fsp3) is 1.00. The van der Waals surface area contributed by atoms with E-state index in [1.807, 2.05) is 0 Å². The SMILES string of the molecule is CCCC[Si](CC(C)C)(OC)OC. The van der Waals surface area contributed by atoms with Gasteiger partial charge in [-0.25, -0.2) is 0 Å². The largest absolute Gasteiger partial charge is 0.398 e. The van der Waals surface area contributed by atoms with Gasteiger partial charge in [-0.2, -0.15) is 0 Å². The Balaban J connectivity index is 4.13. The summed E-state index contributed by atoms with van der Waals surface area (Å²) in [6, 6.07) is 2.24. The Bertz CT molecular complexity index is 122. The summed E-state index contributed by atoms with van der Waals surface area (Å²) >= 11 is 0. The van der Waals surface area contributed by atoms with E-state index in [4.69, 9.17) is 8.85 Å². The standard InChI is InChI=1S/C10H24O2Si/c1-6-7-8-13(11-4,12-5)9-10(2)3/h10H,6-9H2,1-5H3. The van der Waals surface area contributed by atoms with E-state index in [2.05, 4.69) is 20.8 Å². The average molecular weight is 204 g/mol. The molecule has 0 heterocycles. The summed E-state index contributed by atoms with van der Waals surface area (Å²) in [7, 11) is 1.77. The van der Waals surface area contributed by atoms with Crippen molar-refractivity contribution in [3.8, 4) is 0 Å². The summed E-state index contributed by atoms with van der Waals surface area (Å²) in [4.78, 5) is 0. The Morgan fingerprint density at radius 3 is 2.00 bits per heavy atom. The molecule has 3 heteroatoms. The summed E-state index contributed by atoms with van der Waals surface area (Å²) in [5.74, 6) is 0.670. The molecule has 2 nitrogen and oxygen atoms in total. The molecule has 0 amide bonds. The summed E-state index contributed by atoms with van der Waals surface area (Å²) in [5, 5.41) is 0. The molecule has 0 aliphatic heterocycles. The van der Waals surface area contributed by atoms with Gasteiger partial charge in [-0.15, -0.1) is 0 Å². The molecule has 0 spiro atoms. The molecule has 0 aliphatic carbocycles. The Morgan fingerprint density at radius 2 is 1.69 bits per heavy atom. The summed E-state index contributed by atoms with van der Waals surface area (Å²) < 4.78 is 11.2. The van der Waals surface area contributed by atoms with Crippen LogP contribution in [0.25, 0.3) is 0 Å². The van der Waals surface area contributed by atoms with Crippen LogP contribution in [0.5, 0.6) is 0 Å². The Morgan fingerprint density at radius 1 is 1.15 bits per heavy atom. The van der Waals surface area contributed by atoms with Crippen molar-refractivity contribution in [2.45, 2.75) is 45.7 Å². The van der Waals surface area contributed by atoms with Crippen LogP contribution in [-0.4, -0.2) is 22.8 Å². The Hall–Kier alpha value is 0.137. The van der Waals surface area contributed by atoms with Gasteiger partial charge in [0, 0.05) is 14.2 Å². The zero-order valence-corrected chi connectivity index (χ0v) is 10.7. The molecule has 0 N–H and O–H groups in total. The highest BCUT2D eigenvalue weighted by molar-refractivity contribution is 6.67. The van der Waals surface area contributed by atoms with Crippen molar-refractivity contribution in [2.24, 2.45) is 5.92 Å². The third-order valence-electron chi connectivity index (χ3n) is 2.37. The van der Waals surface area contributed by atoms with E-state index in [0.717, 1.165) is 12.1 Å². The molecular weight excluding hydrogens is 180 g/mol. The highest BCUT2D eigenvalue weighted by Crippen LogP contribution is 2.24. The molecule has 0 saturated heterocycles. The first-order valence-electron chi connectivity index (χ1n) is 5.20. The van der Waals surface area contributed by atoms with Gasteiger partial charge in [0.1, 0.15) is 0 Å². The van der Waals surface area contributed by atoms with Crippen molar-refractivity contribution >= 4 is 8.56 Å². The highest BCUT2D eigenvalue weighted by Gasteiger charge is 2.35. The molecule has 13 heavy (non-hydrogen) atoms. The molecule has 0 unspecified atom stereocenters. The monoisotopic (exact) mass is 204 g/mol.